The molecular formula is C11H15N5O. The Labute approximate surface area is 99.2 Å². The van der Waals surface area contributed by atoms with Gasteiger partial charge in [0.2, 0.25) is 0 Å². The van der Waals surface area contributed by atoms with Crippen molar-refractivity contribution in [1.82, 2.24) is 15.1 Å². The minimum absolute atomic E-state index is 0.445. The molecule has 0 aliphatic rings. The van der Waals surface area contributed by atoms with Gasteiger partial charge in [-0.1, -0.05) is 12.1 Å². The summed E-state index contributed by atoms with van der Waals surface area (Å²) in [6, 6.07) is 1.69. The molecule has 0 aliphatic heterocycles. The van der Waals surface area contributed by atoms with Crippen LogP contribution in [0, 0.1) is 6.92 Å². The van der Waals surface area contributed by atoms with Crippen molar-refractivity contribution in [3.05, 3.63) is 29.4 Å². The van der Waals surface area contributed by atoms with Gasteiger partial charge in [-0.15, -0.1) is 0 Å². The molecule has 2 rings (SSSR count). The highest BCUT2D eigenvalue weighted by Gasteiger charge is 2.10. The van der Waals surface area contributed by atoms with Crippen LogP contribution in [-0.2, 0) is 13.0 Å². The predicted molar refractivity (Wildman–Crippen MR) is 64.4 cm³/mol. The molecule has 0 fully saturated rings. The minimum atomic E-state index is 0.445. The molecule has 6 nitrogen and oxygen atoms in total. The molecule has 0 saturated heterocycles. The molecular weight excluding hydrogens is 218 g/mol. The number of hydrogen-bond acceptors (Lipinski definition) is 6. The molecule has 0 atom stereocenters. The zero-order valence-electron chi connectivity index (χ0n) is 9.90. The molecule has 0 amide bonds. The van der Waals surface area contributed by atoms with Gasteiger partial charge in [0, 0.05) is 18.2 Å². The molecule has 0 saturated carbocycles. The number of aromatic nitrogens is 3. The van der Waals surface area contributed by atoms with Crippen LogP contribution in [0.25, 0.3) is 0 Å². The topological polar surface area (TPSA) is 89.9 Å². The van der Waals surface area contributed by atoms with E-state index in [-0.39, 0.29) is 0 Å². The smallest absolute Gasteiger partial charge is 0.138 e. The Morgan fingerprint density at radius 1 is 1.41 bits per heavy atom. The third-order valence-corrected chi connectivity index (χ3v) is 2.54. The second kappa shape index (κ2) is 4.82. The van der Waals surface area contributed by atoms with Gasteiger partial charge in [0.25, 0.3) is 0 Å². The van der Waals surface area contributed by atoms with Gasteiger partial charge in [0.05, 0.1) is 5.69 Å². The maximum absolute atomic E-state index is 5.57. The van der Waals surface area contributed by atoms with Gasteiger partial charge in [0.15, 0.2) is 0 Å². The number of nitrogens with one attached hydrogen (secondary N) is 1. The molecule has 90 valence electrons. The summed E-state index contributed by atoms with van der Waals surface area (Å²) in [6.07, 6.45) is 2.28. The molecule has 0 unspecified atom stereocenters. The number of aryl methyl sites for hydroxylation is 2. The van der Waals surface area contributed by atoms with E-state index in [4.69, 9.17) is 10.3 Å². The molecule has 6 heteroatoms. The number of rotatable bonds is 4. The minimum Gasteiger partial charge on any atom is -0.384 e. The van der Waals surface area contributed by atoms with Gasteiger partial charge in [-0.2, -0.15) is 0 Å². The maximum atomic E-state index is 5.57. The van der Waals surface area contributed by atoms with E-state index in [9.17, 15) is 0 Å². The van der Waals surface area contributed by atoms with Crippen LogP contribution >= 0.6 is 0 Å². The zero-order chi connectivity index (χ0) is 12.3. The number of nitrogen functional groups attached to an aromatic ring is 1. The SMILES string of the molecule is CCc1noc(C)c1CNc1cc(N)ncn1. The first kappa shape index (κ1) is 11.4. The lowest BCUT2D eigenvalue weighted by molar-refractivity contribution is 0.390. The summed E-state index contributed by atoms with van der Waals surface area (Å²) >= 11 is 0. The number of anilines is 2. The lowest BCUT2D eigenvalue weighted by Gasteiger charge is -2.05. The normalized spacial score (nSPS) is 10.5. The largest absolute Gasteiger partial charge is 0.384 e. The Kier molecular flexibility index (Phi) is 3.22. The highest BCUT2D eigenvalue weighted by molar-refractivity contribution is 5.44. The Bertz CT molecular complexity index is 508. The van der Waals surface area contributed by atoms with Gasteiger partial charge in [0.1, 0.15) is 23.7 Å². The van der Waals surface area contributed by atoms with Crippen molar-refractivity contribution in [2.24, 2.45) is 0 Å². The molecule has 2 heterocycles. The summed E-state index contributed by atoms with van der Waals surface area (Å²) in [5, 5.41) is 7.16. The van der Waals surface area contributed by atoms with Crippen molar-refractivity contribution in [2.75, 3.05) is 11.1 Å². The van der Waals surface area contributed by atoms with Gasteiger partial charge in [-0.05, 0) is 13.3 Å². The van der Waals surface area contributed by atoms with E-state index in [1.165, 1.54) is 6.33 Å². The lowest BCUT2D eigenvalue weighted by Crippen LogP contribution is -2.05. The quantitative estimate of drug-likeness (QED) is 0.832. The summed E-state index contributed by atoms with van der Waals surface area (Å²) in [5.41, 5.74) is 7.61. The van der Waals surface area contributed by atoms with E-state index >= 15 is 0 Å². The highest BCUT2D eigenvalue weighted by atomic mass is 16.5. The van der Waals surface area contributed by atoms with Crippen molar-refractivity contribution < 1.29 is 4.52 Å². The molecule has 0 bridgehead atoms. The molecule has 3 N–H and O–H groups in total. The molecule has 17 heavy (non-hydrogen) atoms. The highest BCUT2D eigenvalue weighted by Crippen LogP contribution is 2.15. The van der Waals surface area contributed by atoms with Crippen LogP contribution < -0.4 is 11.1 Å². The standard InChI is InChI=1S/C11H15N5O/c1-3-9-8(7(2)17-16-9)5-13-11-4-10(12)14-6-15-11/h4,6H,3,5H2,1-2H3,(H3,12,13,14,15). The molecule has 0 aromatic carbocycles. The summed E-state index contributed by atoms with van der Waals surface area (Å²) in [5.74, 6) is 1.97. The average molecular weight is 233 g/mol. The fourth-order valence-electron chi connectivity index (χ4n) is 1.59. The summed E-state index contributed by atoms with van der Waals surface area (Å²) in [7, 11) is 0. The lowest BCUT2D eigenvalue weighted by atomic mass is 10.1. The van der Waals surface area contributed by atoms with Crippen molar-refractivity contribution in [3.8, 4) is 0 Å². The Hall–Kier alpha value is -2.11. The van der Waals surface area contributed by atoms with Gasteiger partial charge >= 0.3 is 0 Å². The van der Waals surface area contributed by atoms with E-state index in [0.717, 1.165) is 23.4 Å². The number of nitrogens with two attached hydrogens (primary N) is 1. The molecule has 0 spiro atoms. The van der Waals surface area contributed by atoms with Crippen LogP contribution in [0.2, 0.25) is 0 Å². The van der Waals surface area contributed by atoms with Gasteiger partial charge < -0.3 is 15.6 Å². The Balaban J connectivity index is 2.09. The van der Waals surface area contributed by atoms with Gasteiger partial charge in [-0.3, -0.25) is 0 Å². The van der Waals surface area contributed by atoms with Crippen LogP contribution in [0.15, 0.2) is 16.9 Å². The number of nitrogens with zero attached hydrogens (tertiary/aromatic N) is 3. The third-order valence-electron chi connectivity index (χ3n) is 2.54. The van der Waals surface area contributed by atoms with E-state index in [1.807, 2.05) is 13.8 Å². The van der Waals surface area contributed by atoms with E-state index in [1.54, 1.807) is 6.07 Å². The van der Waals surface area contributed by atoms with E-state index < -0.39 is 0 Å². The van der Waals surface area contributed by atoms with Crippen LogP contribution in [-0.4, -0.2) is 15.1 Å². The molecule has 0 aliphatic carbocycles. The summed E-state index contributed by atoms with van der Waals surface area (Å²) in [4.78, 5) is 7.90. The van der Waals surface area contributed by atoms with Crippen molar-refractivity contribution in [1.29, 1.82) is 0 Å². The Morgan fingerprint density at radius 3 is 2.94 bits per heavy atom. The molecule has 2 aromatic rings. The number of hydrogen-bond donors (Lipinski definition) is 2. The first-order chi connectivity index (χ1) is 8.20. The fourth-order valence-corrected chi connectivity index (χ4v) is 1.59. The molecule has 2 aromatic heterocycles. The third kappa shape index (κ3) is 2.52. The van der Waals surface area contributed by atoms with E-state index in [2.05, 4.69) is 20.4 Å². The molecule has 0 radical (unpaired) electrons. The second-order valence-electron chi connectivity index (χ2n) is 3.70. The van der Waals surface area contributed by atoms with Crippen LogP contribution in [0.1, 0.15) is 23.9 Å². The fraction of sp³-hybridized carbons (Fsp3) is 0.364. The van der Waals surface area contributed by atoms with E-state index in [0.29, 0.717) is 18.2 Å². The maximum Gasteiger partial charge on any atom is 0.138 e. The predicted octanol–water partition coefficient (Wildman–Crippen LogP) is 1.53. The van der Waals surface area contributed by atoms with Crippen molar-refractivity contribution >= 4 is 11.6 Å². The summed E-state index contributed by atoms with van der Waals surface area (Å²) in [6.45, 7) is 4.57. The second-order valence-corrected chi connectivity index (χ2v) is 3.70. The van der Waals surface area contributed by atoms with Crippen LogP contribution in [0.4, 0.5) is 11.6 Å². The van der Waals surface area contributed by atoms with Gasteiger partial charge in [-0.25, -0.2) is 9.97 Å². The van der Waals surface area contributed by atoms with Crippen molar-refractivity contribution in [3.63, 3.8) is 0 Å². The first-order valence-electron chi connectivity index (χ1n) is 5.46. The Morgan fingerprint density at radius 2 is 2.24 bits per heavy atom. The zero-order valence-corrected chi connectivity index (χ0v) is 9.90. The monoisotopic (exact) mass is 233 g/mol. The summed E-state index contributed by atoms with van der Waals surface area (Å²) < 4.78 is 5.15. The van der Waals surface area contributed by atoms with Crippen molar-refractivity contribution in [2.45, 2.75) is 26.8 Å². The van der Waals surface area contributed by atoms with Crippen LogP contribution in [0.5, 0.6) is 0 Å². The average Bonchev–Trinajstić information content (AvgIpc) is 2.67. The first-order valence-corrected chi connectivity index (χ1v) is 5.46. The van der Waals surface area contributed by atoms with Crippen LogP contribution in [0.3, 0.4) is 0 Å².